The van der Waals surface area contributed by atoms with Crippen LogP contribution in [0.25, 0.3) is 0 Å². The highest BCUT2D eigenvalue weighted by Gasteiger charge is 2.35. The first kappa shape index (κ1) is 17.2. The topological polar surface area (TPSA) is 52.7 Å². The maximum absolute atomic E-state index is 11.7. The molecule has 21 heavy (non-hydrogen) atoms. The van der Waals surface area contributed by atoms with Gasteiger partial charge in [0.15, 0.2) is 0 Å². The van der Waals surface area contributed by atoms with E-state index in [1.165, 1.54) is 6.26 Å². The number of piperazine rings is 1. The number of nitrogens with one attached hydrogen (secondary N) is 1. The average Bonchev–Trinajstić information content (AvgIpc) is 2.43. The van der Waals surface area contributed by atoms with Gasteiger partial charge in [-0.3, -0.25) is 4.90 Å². The second-order valence-electron chi connectivity index (χ2n) is 7.20. The molecule has 1 N–H and O–H groups in total. The maximum Gasteiger partial charge on any atom is 0.211 e. The monoisotopic (exact) mass is 317 g/mol. The number of piperidine rings is 1. The summed E-state index contributed by atoms with van der Waals surface area (Å²) >= 11 is 0. The smallest absolute Gasteiger partial charge is 0.211 e. The van der Waals surface area contributed by atoms with Crippen molar-refractivity contribution in [2.24, 2.45) is 5.92 Å². The molecule has 3 unspecified atom stereocenters. The van der Waals surface area contributed by atoms with Crippen LogP contribution in [0, 0.1) is 5.92 Å². The molecule has 2 heterocycles. The Morgan fingerprint density at radius 1 is 1.38 bits per heavy atom. The van der Waals surface area contributed by atoms with Crippen LogP contribution in [0.3, 0.4) is 0 Å². The van der Waals surface area contributed by atoms with Crippen molar-refractivity contribution in [1.82, 2.24) is 14.5 Å². The Kier molecular flexibility index (Phi) is 5.34. The quantitative estimate of drug-likeness (QED) is 0.844. The second kappa shape index (κ2) is 6.52. The van der Waals surface area contributed by atoms with E-state index in [0.29, 0.717) is 25.0 Å². The lowest BCUT2D eigenvalue weighted by atomic mass is 9.91. The fourth-order valence-corrected chi connectivity index (χ4v) is 4.42. The molecule has 0 spiro atoms. The van der Waals surface area contributed by atoms with Crippen LogP contribution in [0.4, 0.5) is 0 Å². The van der Waals surface area contributed by atoms with Crippen molar-refractivity contribution in [2.45, 2.75) is 51.6 Å². The third-order valence-electron chi connectivity index (χ3n) is 5.22. The van der Waals surface area contributed by atoms with E-state index >= 15 is 0 Å². The van der Waals surface area contributed by atoms with Crippen LogP contribution in [0.1, 0.15) is 40.0 Å². The van der Waals surface area contributed by atoms with Gasteiger partial charge in [0.25, 0.3) is 0 Å². The predicted molar refractivity (Wildman–Crippen MR) is 86.9 cm³/mol. The fraction of sp³-hybridized carbons (Fsp3) is 1.00. The van der Waals surface area contributed by atoms with Gasteiger partial charge in [-0.05, 0) is 39.0 Å². The Morgan fingerprint density at radius 2 is 2.10 bits per heavy atom. The van der Waals surface area contributed by atoms with Crippen molar-refractivity contribution >= 4 is 10.0 Å². The van der Waals surface area contributed by atoms with E-state index in [1.54, 1.807) is 4.31 Å². The zero-order valence-corrected chi connectivity index (χ0v) is 14.7. The zero-order valence-electron chi connectivity index (χ0n) is 13.9. The molecule has 2 aliphatic rings. The molecule has 2 rings (SSSR count). The van der Waals surface area contributed by atoms with Gasteiger partial charge in [-0.25, -0.2) is 12.7 Å². The zero-order chi connectivity index (χ0) is 15.7. The lowest BCUT2D eigenvalue weighted by molar-refractivity contribution is 0.0674. The van der Waals surface area contributed by atoms with Gasteiger partial charge in [0.1, 0.15) is 0 Å². The van der Waals surface area contributed by atoms with E-state index in [4.69, 9.17) is 0 Å². The number of nitrogens with zero attached hydrogens (tertiary/aromatic N) is 2. The Balaban J connectivity index is 1.96. The molecule has 0 aromatic rings. The molecule has 2 fully saturated rings. The molecule has 0 amide bonds. The van der Waals surface area contributed by atoms with Crippen molar-refractivity contribution < 1.29 is 8.42 Å². The highest BCUT2D eigenvalue weighted by Crippen LogP contribution is 2.24. The molecule has 2 aliphatic heterocycles. The Morgan fingerprint density at radius 3 is 2.71 bits per heavy atom. The van der Waals surface area contributed by atoms with Crippen molar-refractivity contribution in [1.29, 1.82) is 0 Å². The SMILES string of the molecule is CCC1(C)CN(CC2CCCN(S(C)(=O)=O)C2)C(C)CN1. The first-order valence-corrected chi connectivity index (χ1v) is 10.0. The normalized spacial score (nSPS) is 36.8. The Bertz CT molecular complexity index is 454. The number of rotatable bonds is 4. The summed E-state index contributed by atoms with van der Waals surface area (Å²) in [5.41, 5.74) is 0.192. The molecule has 0 aromatic heterocycles. The first-order valence-electron chi connectivity index (χ1n) is 8.18. The van der Waals surface area contributed by atoms with Gasteiger partial charge in [-0.1, -0.05) is 6.92 Å². The van der Waals surface area contributed by atoms with Gasteiger partial charge in [0, 0.05) is 44.3 Å². The lowest BCUT2D eigenvalue weighted by Gasteiger charge is -2.46. The molecule has 2 saturated heterocycles. The van der Waals surface area contributed by atoms with E-state index < -0.39 is 10.0 Å². The predicted octanol–water partition coefficient (Wildman–Crippen LogP) is 1.12. The van der Waals surface area contributed by atoms with Gasteiger partial charge in [0.05, 0.1) is 6.26 Å². The average molecular weight is 317 g/mol. The number of hydrogen-bond donors (Lipinski definition) is 1. The van der Waals surface area contributed by atoms with Crippen molar-refractivity contribution in [3.05, 3.63) is 0 Å². The van der Waals surface area contributed by atoms with Gasteiger partial charge < -0.3 is 5.32 Å². The summed E-state index contributed by atoms with van der Waals surface area (Å²) in [5, 5.41) is 3.65. The van der Waals surface area contributed by atoms with Crippen LogP contribution in [0.5, 0.6) is 0 Å². The van der Waals surface area contributed by atoms with E-state index in [-0.39, 0.29) is 5.54 Å². The van der Waals surface area contributed by atoms with Gasteiger partial charge >= 0.3 is 0 Å². The minimum absolute atomic E-state index is 0.192. The molecule has 6 heteroatoms. The van der Waals surface area contributed by atoms with Crippen LogP contribution >= 0.6 is 0 Å². The molecule has 5 nitrogen and oxygen atoms in total. The molecule has 0 radical (unpaired) electrons. The van der Waals surface area contributed by atoms with E-state index in [9.17, 15) is 8.42 Å². The van der Waals surface area contributed by atoms with Gasteiger partial charge in [-0.15, -0.1) is 0 Å². The second-order valence-corrected chi connectivity index (χ2v) is 9.19. The van der Waals surface area contributed by atoms with Crippen LogP contribution in [0.15, 0.2) is 0 Å². The summed E-state index contributed by atoms with van der Waals surface area (Å²) in [4.78, 5) is 2.55. The van der Waals surface area contributed by atoms with Crippen LogP contribution < -0.4 is 5.32 Å². The summed E-state index contributed by atoms with van der Waals surface area (Å²) in [5.74, 6) is 0.468. The molecular weight excluding hydrogens is 286 g/mol. The van der Waals surface area contributed by atoms with Crippen molar-refractivity contribution in [3.63, 3.8) is 0 Å². The van der Waals surface area contributed by atoms with Crippen LogP contribution in [-0.2, 0) is 10.0 Å². The molecule has 0 saturated carbocycles. The third kappa shape index (κ3) is 4.41. The summed E-state index contributed by atoms with van der Waals surface area (Å²) in [6.07, 6.45) is 4.59. The van der Waals surface area contributed by atoms with E-state index in [1.807, 2.05) is 0 Å². The molecule has 0 bridgehead atoms. The van der Waals surface area contributed by atoms with E-state index in [2.05, 4.69) is 31.0 Å². The minimum atomic E-state index is -3.04. The first-order chi connectivity index (χ1) is 9.73. The molecule has 0 aromatic carbocycles. The molecular formula is C15H31N3O2S. The van der Waals surface area contributed by atoms with Gasteiger partial charge in [-0.2, -0.15) is 0 Å². The standard InChI is InChI=1S/C15H31N3O2S/c1-5-15(3)12-17(13(2)9-16-15)10-14-7-6-8-18(11-14)21(4,19)20/h13-14,16H,5-12H2,1-4H3. The third-order valence-corrected chi connectivity index (χ3v) is 6.49. The highest BCUT2D eigenvalue weighted by atomic mass is 32.2. The molecule has 3 atom stereocenters. The molecule has 0 aliphatic carbocycles. The van der Waals surface area contributed by atoms with Crippen LogP contribution in [-0.4, -0.2) is 68.2 Å². The van der Waals surface area contributed by atoms with Crippen molar-refractivity contribution in [2.75, 3.05) is 39.0 Å². The number of sulfonamides is 1. The summed E-state index contributed by atoms with van der Waals surface area (Å²) in [7, 11) is -3.04. The summed E-state index contributed by atoms with van der Waals surface area (Å²) in [6.45, 7) is 11.3. The van der Waals surface area contributed by atoms with Gasteiger partial charge in [0.2, 0.25) is 10.0 Å². The van der Waals surface area contributed by atoms with Crippen molar-refractivity contribution in [3.8, 4) is 0 Å². The summed E-state index contributed by atoms with van der Waals surface area (Å²) < 4.78 is 25.1. The highest BCUT2D eigenvalue weighted by molar-refractivity contribution is 7.88. The number of hydrogen-bond acceptors (Lipinski definition) is 4. The Hall–Kier alpha value is -0.170. The van der Waals surface area contributed by atoms with Crippen LogP contribution in [0.2, 0.25) is 0 Å². The van der Waals surface area contributed by atoms with E-state index in [0.717, 1.165) is 38.9 Å². The Labute approximate surface area is 130 Å². The lowest BCUT2D eigenvalue weighted by Crippen LogP contribution is -2.63. The maximum atomic E-state index is 11.7. The fourth-order valence-electron chi connectivity index (χ4n) is 3.47. The largest absolute Gasteiger partial charge is 0.309 e. The minimum Gasteiger partial charge on any atom is -0.309 e. The summed E-state index contributed by atoms with van der Waals surface area (Å²) in [6, 6.07) is 0.526. The molecule has 124 valence electrons.